The lowest BCUT2D eigenvalue weighted by molar-refractivity contribution is -0.646. The molecule has 0 bridgehead atoms. The number of rotatable bonds is 3. The maximum atomic E-state index is 12.1. The van der Waals surface area contributed by atoms with E-state index in [2.05, 4.69) is 15.5 Å². The van der Waals surface area contributed by atoms with Gasteiger partial charge in [-0.15, -0.1) is 9.36 Å². The van der Waals surface area contributed by atoms with Crippen LogP contribution in [0.5, 0.6) is 0 Å². The summed E-state index contributed by atoms with van der Waals surface area (Å²) >= 11 is 0. The number of nitrogens with zero attached hydrogens (tertiary/aromatic N) is 4. The Labute approximate surface area is 109 Å². The van der Waals surface area contributed by atoms with Crippen molar-refractivity contribution in [2.75, 3.05) is 5.43 Å². The fraction of sp³-hybridized carbons (Fsp3) is 0.167. The van der Waals surface area contributed by atoms with E-state index in [1.807, 2.05) is 6.07 Å². The maximum absolute atomic E-state index is 12.1. The van der Waals surface area contributed by atoms with Crippen molar-refractivity contribution in [2.45, 2.75) is 6.92 Å². The van der Waals surface area contributed by atoms with Gasteiger partial charge in [-0.25, -0.2) is 5.43 Å². The van der Waals surface area contributed by atoms with E-state index in [9.17, 15) is 9.90 Å². The highest BCUT2D eigenvalue weighted by Crippen LogP contribution is 2.10. The standard InChI is InChI=1S/C12H13N5O2/c1-9(18)15-17-8-13-16(2)12(17)11(19)14-10-6-4-3-5-7-10/h3-8H,1-2H3,(H-,14,15,18,19). The van der Waals surface area contributed by atoms with Crippen LogP contribution in [0.25, 0.3) is 0 Å². The number of carbonyl (C=O) groups is 1. The van der Waals surface area contributed by atoms with Gasteiger partial charge in [0.2, 0.25) is 5.91 Å². The Morgan fingerprint density at radius 3 is 2.74 bits per heavy atom. The molecule has 0 fully saturated rings. The van der Waals surface area contributed by atoms with Gasteiger partial charge in [0.05, 0.1) is 18.6 Å². The number of para-hydroxylation sites is 1. The van der Waals surface area contributed by atoms with Gasteiger partial charge < -0.3 is 5.11 Å². The molecule has 0 aliphatic rings. The van der Waals surface area contributed by atoms with Gasteiger partial charge in [-0.05, 0) is 12.1 Å². The molecule has 0 aliphatic heterocycles. The molecule has 98 valence electrons. The van der Waals surface area contributed by atoms with Crippen molar-refractivity contribution < 1.29 is 14.6 Å². The van der Waals surface area contributed by atoms with Gasteiger partial charge >= 0.3 is 0 Å². The second-order valence-electron chi connectivity index (χ2n) is 3.87. The minimum absolute atomic E-state index is 0.166. The summed E-state index contributed by atoms with van der Waals surface area (Å²) in [7, 11) is 1.60. The molecule has 2 aromatic rings. The van der Waals surface area contributed by atoms with Crippen molar-refractivity contribution >= 4 is 17.5 Å². The number of carbonyl (C=O) groups excluding carboxylic acids is 1. The quantitative estimate of drug-likeness (QED) is 0.446. The zero-order valence-electron chi connectivity index (χ0n) is 10.6. The lowest BCUT2D eigenvalue weighted by Crippen LogP contribution is -2.52. The number of aromatic nitrogens is 3. The molecule has 0 saturated heterocycles. The molecular formula is C12H13N5O2. The van der Waals surface area contributed by atoms with Crippen LogP contribution in [0.1, 0.15) is 12.7 Å². The topological polar surface area (TPSA) is 86.2 Å². The molecule has 0 saturated carbocycles. The monoisotopic (exact) mass is 259 g/mol. The molecule has 19 heavy (non-hydrogen) atoms. The highest BCUT2D eigenvalue weighted by Gasteiger charge is 2.16. The van der Waals surface area contributed by atoms with E-state index in [1.54, 1.807) is 31.3 Å². The zero-order valence-corrected chi connectivity index (χ0v) is 10.6. The molecule has 0 radical (unpaired) electrons. The Bertz CT molecular complexity index is 618. The maximum Gasteiger partial charge on any atom is 0.293 e. The number of nitrogens with one attached hydrogen (secondary N) is 1. The Hall–Kier alpha value is -2.70. The summed E-state index contributed by atoms with van der Waals surface area (Å²) in [6, 6.07) is 8.85. The van der Waals surface area contributed by atoms with Gasteiger partial charge in [-0.3, -0.25) is 9.79 Å². The van der Waals surface area contributed by atoms with Crippen LogP contribution in [0.3, 0.4) is 0 Å². The number of amides is 1. The molecule has 0 spiro atoms. The van der Waals surface area contributed by atoms with Gasteiger partial charge in [0.1, 0.15) is 0 Å². The summed E-state index contributed by atoms with van der Waals surface area (Å²) in [6.07, 6.45) is 1.34. The summed E-state index contributed by atoms with van der Waals surface area (Å²) in [4.78, 5) is 15.0. The molecular weight excluding hydrogens is 246 g/mol. The van der Waals surface area contributed by atoms with Crippen LogP contribution in [0.4, 0.5) is 5.69 Å². The van der Waals surface area contributed by atoms with Gasteiger partial charge in [0.15, 0.2) is 0 Å². The largest absolute Gasteiger partial charge is 0.854 e. The van der Waals surface area contributed by atoms with Crippen molar-refractivity contribution in [2.24, 2.45) is 12.0 Å². The summed E-state index contributed by atoms with van der Waals surface area (Å²) in [5.74, 6) is -0.620. The fourth-order valence-electron chi connectivity index (χ4n) is 1.56. The van der Waals surface area contributed by atoms with E-state index in [1.165, 1.54) is 22.6 Å². The highest BCUT2D eigenvalue weighted by atomic mass is 16.3. The molecule has 7 heteroatoms. The van der Waals surface area contributed by atoms with Crippen LogP contribution in [-0.4, -0.2) is 21.6 Å². The average Bonchev–Trinajstić information content (AvgIpc) is 2.71. The number of hydrogen-bond donors (Lipinski definition) is 1. The molecule has 0 aliphatic carbocycles. The number of aliphatic imine (C=N–C) groups is 1. The first-order valence-electron chi connectivity index (χ1n) is 5.60. The van der Waals surface area contributed by atoms with E-state index in [4.69, 9.17) is 0 Å². The summed E-state index contributed by atoms with van der Waals surface area (Å²) in [5.41, 5.74) is 3.02. The lowest BCUT2D eigenvalue weighted by Gasteiger charge is -2.08. The van der Waals surface area contributed by atoms with Crippen molar-refractivity contribution in [1.82, 2.24) is 9.78 Å². The Balaban J connectivity index is 2.38. The van der Waals surface area contributed by atoms with Gasteiger partial charge in [0.25, 0.3) is 12.2 Å². The normalized spacial score (nSPS) is 11.4. The molecule has 1 aromatic carbocycles. The van der Waals surface area contributed by atoms with E-state index >= 15 is 0 Å². The number of hydrogen-bond acceptors (Lipinski definition) is 4. The number of aryl methyl sites for hydroxylation is 1. The molecule has 1 amide bonds. The lowest BCUT2D eigenvalue weighted by atomic mass is 10.3. The first-order chi connectivity index (χ1) is 9.08. The van der Waals surface area contributed by atoms with E-state index in [-0.39, 0.29) is 11.7 Å². The third kappa shape index (κ3) is 2.95. The third-order valence-corrected chi connectivity index (χ3v) is 2.33. The van der Waals surface area contributed by atoms with Gasteiger partial charge in [-0.1, -0.05) is 18.2 Å². The van der Waals surface area contributed by atoms with E-state index < -0.39 is 5.90 Å². The van der Waals surface area contributed by atoms with Crippen LogP contribution in [0.15, 0.2) is 41.7 Å². The Morgan fingerprint density at radius 2 is 2.11 bits per heavy atom. The predicted molar refractivity (Wildman–Crippen MR) is 66.1 cm³/mol. The molecule has 1 heterocycles. The van der Waals surface area contributed by atoms with Crippen LogP contribution in [0, 0.1) is 0 Å². The summed E-state index contributed by atoms with van der Waals surface area (Å²) in [6.45, 7) is 1.35. The van der Waals surface area contributed by atoms with Crippen LogP contribution < -0.4 is 15.2 Å². The Morgan fingerprint density at radius 1 is 1.42 bits per heavy atom. The minimum Gasteiger partial charge on any atom is -0.854 e. The Kier molecular flexibility index (Phi) is 3.56. The number of benzene rings is 1. The highest BCUT2D eigenvalue weighted by molar-refractivity contribution is 5.88. The third-order valence-electron chi connectivity index (χ3n) is 2.33. The van der Waals surface area contributed by atoms with Crippen molar-refractivity contribution in [3.05, 3.63) is 42.5 Å². The SMILES string of the molecule is CC(=O)N[n+]1cnn(C)c1C([O-])=Nc1ccccc1. The van der Waals surface area contributed by atoms with E-state index in [0.717, 1.165) is 0 Å². The summed E-state index contributed by atoms with van der Waals surface area (Å²) in [5, 5.41) is 16.0. The van der Waals surface area contributed by atoms with E-state index in [0.29, 0.717) is 5.69 Å². The summed E-state index contributed by atoms with van der Waals surface area (Å²) < 4.78 is 2.60. The smallest absolute Gasteiger partial charge is 0.293 e. The second kappa shape index (κ2) is 5.30. The average molecular weight is 259 g/mol. The van der Waals surface area contributed by atoms with Gasteiger partial charge in [0, 0.05) is 12.0 Å². The van der Waals surface area contributed by atoms with Crippen molar-refractivity contribution in [3.63, 3.8) is 0 Å². The van der Waals surface area contributed by atoms with Crippen LogP contribution >= 0.6 is 0 Å². The van der Waals surface area contributed by atoms with Crippen molar-refractivity contribution in [3.8, 4) is 0 Å². The second-order valence-corrected chi connectivity index (χ2v) is 3.87. The first-order valence-corrected chi connectivity index (χ1v) is 5.60. The molecule has 0 unspecified atom stereocenters. The minimum atomic E-state index is -0.486. The molecule has 7 nitrogen and oxygen atoms in total. The van der Waals surface area contributed by atoms with Crippen molar-refractivity contribution in [1.29, 1.82) is 0 Å². The van der Waals surface area contributed by atoms with Crippen LogP contribution in [0.2, 0.25) is 0 Å². The fourth-order valence-corrected chi connectivity index (χ4v) is 1.56. The molecule has 2 rings (SSSR count). The van der Waals surface area contributed by atoms with Gasteiger partial charge in [-0.2, -0.15) is 0 Å². The molecule has 1 N–H and O–H groups in total. The van der Waals surface area contributed by atoms with Crippen LogP contribution in [-0.2, 0) is 11.8 Å². The zero-order chi connectivity index (χ0) is 13.8. The molecule has 0 atom stereocenters. The first kappa shape index (κ1) is 12.7. The predicted octanol–water partition coefficient (Wildman–Crippen LogP) is -0.764. The molecule has 1 aromatic heterocycles.